The standard InChI is InChI=1S/C9H17NO2/c1-3-7(10-2)9(8(11)12)5-4-6-9/h7,10H,3-6H2,1-2H3,(H,11,12). The summed E-state index contributed by atoms with van der Waals surface area (Å²) in [6.45, 7) is 2.03. The molecule has 0 aromatic heterocycles. The van der Waals surface area contributed by atoms with Gasteiger partial charge in [-0.3, -0.25) is 4.79 Å². The Kier molecular flexibility index (Phi) is 2.73. The Bertz CT molecular complexity index is 171. The molecule has 0 saturated heterocycles. The van der Waals surface area contributed by atoms with Crippen LogP contribution in [0.5, 0.6) is 0 Å². The maximum atomic E-state index is 11.0. The number of carbonyl (C=O) groups is 1. The Hall–Kier alpha value is -0.570. The van der Waals surface area contributed by atoms with Crippen molar-refractivity contribution in [3.8, 4) is 0 Å². The van der Waals surface area contributed by atoms with Gasteiger partial charge in [-0.15, -0.1) is 0 Å². The Morgan fingerprint density at radius 1 is 1.67 bits per heavy atom. The lowest BCUT2D eigenvalue weighted by molar-refractivity contribution is -0.157. The normalized spacial score (nSPS) is 22.8. The third-order valence-electron chi connectivity index (χ3n) is 3.10. The van der Waals surface area contributed by atoms with Crippen molar-refractivity contribution in [2.75, 3.05) is 7.05 Å². The van der Waals surface area contributed by atoms with Crippen molar-refractivity contribution < 1.29 is 9.90 Å². The van der Waals surface area contributed by atoms with Crippen LogP contribution in [0.25, 0.3) is 0 Å². The maximum absolute atomic E-state index is 11.0. The van der Waals surface area contributed by atoms with E-state index in [1.807, 2.05) is 14.0 Å². The minimum absolute atomic E-state index is 0.142. The first kappa shape index (κ1) is 9.52. The van der Waals surface area contributed by atoms with Gasteiger partial charge in [-0.05, 0) is 26.3 Å². The molecule has 70 valence electrons. The molecule has 1 rings (SSSR count). The lowest BCUT2D eigenvalue weighted by Crippen LogP contribution is -2.53. The van der Waals surface area contributed by atoms with Crippen LogP contribution in [-0.2, 0) is 4.79 Å². The fourth-order valence-corrected chi connectivity index (χ4v) is 2.14. The third-order valence-corrected chi connectivity index (χ3v) is 3.10. The van der Waals surface area contributed by atoms with Crippen LogP contribution < -0.4 is 5.32 Å². The quantitative estimate of drug-likeness (QED) is 0.669. The van der Waals surface area contributed by atoms with Crippen molar-refractivity contribution in [3.63, 3.8) is 0 Å². The van der Waals surface area contributed by atoms with E-state index in [9.17, 15) is 4.79 Å². The Labute approximate surface area is 73.2 Å². The van der Waals surface area contributed by atoms with E-state index in [-0.39, 0.29) is 6.04 Å². The Balaban J connectivity index is 2.71. The van der Waals surface area contributed by atoms with Gasteiger partial charge in [-0.1, -0.05) is 13.3 Å². The smallest absolute Gasteiger partial charge is 0.311 e. The van der Waals surface area contributed by atoms with Crippen molar-refractivity contribution >= 4 is 5.97 Å². The van der Waals surface area contributed by atoms with Crippen LogP contribution in [0, 0.1) is 5.41 Å². The molecule has 3 nitrogen and oxygen atoms in total. The van der Waals surface area contributed by atoms with Gasteiger partial charge in [0.15, 0.2) is 0 Å². The molecule has 1 unspecified atom stereocenters. The zero-order valence-electron chi connectivity index (χ0n) is 7.76. The lowest BCUT2D eigenvalue weighted by Gasteiger charge is -2.43. The van der Waals surface area contributed by atoms with Crippen LogP contribution >= 0.6 is 0 Å². The zero-order valence-corrected chi connectivity index (χ0v) is 7.76. The zero-order chi connectivity index (χ0) is 9.19. The number of aliphatic carboxylic acids is 1. The van der Waals surface area contributed by atoms with E-state index < -0.39 is 11.4 Å². The molecule has 1 atom stereocenters. The van der Waals surface area contributed by atoms with Crippen LogP contribution in [0.1, 0.15) is 32.6 Å². The van der Waals surface area contributed by atoms with Crippen LogP contribution in [0.15, 0.2) is 0 Å². The first-order valence-corrected chi connectivity index (χ1v) is 4.58. The van der Waals surface area contributed by atoms with Gasteiger partial charge < -0.3 is 10.4 Å². The molecule has 0 aromatic carbocycles. The summed E-state index contributed by atoms with van der Waals surface area (Å²) in [5.41, 5.74) is -0.455. The molecule has 1 aliphatic carbocycles. The van der Waals surface area contributed by atoms with Gasteiger partial charge in [0.05, 0.1) is 5.41 Å². The van der Waals surface area contributed by atoms with Crippen LogP contribution in [-0.4, -0.2) is 24.2 Å². The highest BCUT2D eigenvalue weighted by Gasteiger charge is 2.49. The van der Waals surface area contributed by atoms with Gasteiger partial charge in [0.25, 0.3) is 0 Å². The molecule has 0 heterocycles. The first-order chi connectivity index (χ1) is 5.67. The van der Waals surface area contributed by atoms with Gasteiger partial charge in [0.2, 0.25) is 0 Å². The van der Waals surface area contributed by atoms with Crippen molar-refractivity contribution in [1.29, 1.82) is 0 Å². The summed E-state index contributed by atoms with van der Waals surface area (Å²) in [7, 11) is 1.84. The molecule has 2 N–H and O–H groups in total. The topological polar surface area (TPSA) is 49.3 Å². The highest BCUT2D eigenvalue weighted by molar-refractivity contribution is 5.76. The van der Waals surface area contributed by atoms with Crippen LogP contribution in [0.4, 0.5) is 0 Å². The fraction of sp³-hybridized carbons (Fsp3) is 0.889. The summed E-state index contributed by atoms with van der Waals surface area (Å²) in [5, 5.41) is 12.2. The molecule has 0 spiro atoms. The number of hydrogen-bond acceptors (Lipinski definition) is 2. The Morgan fingerprint density at radius 2 is 2.25 bits per heavy atom. The summed E-state index contributed by atoms with van der Waals surface area (Å²) in [5.74, 6) is -0.630. The highest BCUT2D eigenvalue weighted by Crippen LogP contribution is 2.44. The molecule has 0 amide bonds. The highest BCUT2D eigenvalue weighted by atomic mass is 16.4. The van der Waals surface area contributed by atoms with Gasteiger partial charge in [-0.25, -0.2) is 0 Å². The molecule has 12 heavy (non-hydrogen) atoms. The summed E-state index contributed by atoms with van der Waals surface area (Å²) >= 11 is 0. The molecular weight excluding hydrogens is 154 g/mol. The Morgan fingerprint density at radius 3 is 2.33 bits per heavy atom. The summed E-state index contributed by atoms with van der Waals surface area (Å²) in [4.78, 5) is 11.0. The van der Waals surface area contributed by atoms with E-state index in [1.165, 1.54) is 0 Å². The van der Waals surface area contributed by atoms with Crippen molar-refractivity contribution in [2.45, 2.75) is 38.6 Å². The lowest BCUT2D eigenvalue weighted by atomic mass is 9.63. The molecule has 0 bridgehead atoms. The molecule has 1 fully saturated rings. The maximum Gasteiger partial charge on any atom is 0.311 e. The van der Waals surface area contributed by atoms with Crippen molar-refractivity contribution in [3.05, 3.63) is 0 Å². The van der Waals surface area contributed by atoms with Crippen LogP contribution in [0.3, 0.4) is 0 Å². The van der Waals surface area contributed by atoms with E-state index in [2.05, 4.69) is 5.32 Å². The molecule has 0 aromatic rings. The third kappa shape index (κ3) is 1.22. The van der Waals surface area contributed by atoms with E-state index in [4.69, 9.17) is 5.11 Å². The summed E-state index contributed by atoms with van der Waals surface area (Å²) in [6, 6.07) is 0.142. The average Bonchev–Trinajstić information content (AvgIpc) is 1.95. The average molecular weight is 171 g/mol. The number of carboxylic acid groups (broad SMARTS) is 1. The second-order valence-corrected chi connectivity index (χ2v) is 3.56. The van der Waals surface area contributed by atoms with Gasteiger partial charge in [-0.2, -0.15) is 0 Å². The van der Waals surface area contributed by atoms with E-state index in [0.29, 0.717) is 0 Å². The monoisotopic (exact) mass is 171 g/mol. The fourth-order valence-electron chi connectivity index (χ4n) is 2.14. The predicted octanol–water partition coefficient (Wildman–Crippen LogP) is 1.24. The van der Waals surface area contributed by atoms with E-state index in [1.54, 1.807) is 0 Å². The molecule has 3 heteroatoms. The molecule has 1 aliphatic rings. The molecular formula is C9H17NO2. The predicted molar refractivity (Wildman–Crippen MR) is 47.1 cm³/mol. The van der Waals surface area contributed by atoms with Crippen molar-refractivity contribution in [2.24, 2.45) is 5.41 Å². The first-order valence-electron chi connectivity index (χ1n) is 4.58. The minimum Gasteiger partial charge on any atom is -0.481 e. The van der Waals surface area contributed by atoms with Crippen molar-refractivity contribution in [1.82, 2.24) is 5.32 Å². The SMILES string of the molecule is CCC(NC)C1(C(=O)O)CCC1. The second-order valence-electron chi connectivity index (χ2n) is 3.56. The molecule has 0 aliphatic heterocycles. The number of carboxylic acids is 1. The number of nitrogens with one attached hydrogen (secondary N) is 1. The van der Waals surface area contributed by atoms with Gasteiger partial charge in [0.1, 0.15) is 0 Å². The van der Waals surface area contributed by atoms with Gasteiger partial charge in [0, 0.05) is 6.04 Å². The minimum atomic E-state index is -0.630. The number of rotatable bonds is 4. The van der Waals surface area contributed by atoms with Gasteiger partial charge >= 0.3 is 5.97 Å². The van der Waals surface area contributed by atoms with Crippen LogP contribution in [0.2, 0.25) is 0 Å². The number of hydrogen-bond donors (Lipinski definition) is 2. The molecule has 1 saturated carbocycles. The van der Waals surface area contributed by atoms with E-state index >= 15 is 0 Å². The summed E-state index contributed by atoms with van der Waals surface area (Å²) in [6.07, 6.45) is 3.62. The summed E-state index contributed by atoms with van der Waals surface area (Å²) < 4.78 is 0. The largest absolute Gasteiger partial charge is 0.481 e. The van der Waals surface area contributed by atoms with E-state index in [0.717, 1.165) is 25.7 Å². The molecule has 0 radical (unpaired) electrons. The second kappa shape index (κ2) is 3.44.